The van der Waals surface area contributed by atoms with Gasteiger partial charge in [-0.05, 0) is 28.3 Å². The highest BCUT2D eigenvalue weighted by atomic mass is 16.5. The number of anilines is 1. The Labute approximate surface area is 174 Å². The van der Waals surface area contributed by atoms with E-state index in [0.29, 0.717) is 11.3 Å². The molecule has 1 amide bonds. The van der Waals surface area contributed by atoms with Gasteiger partial charge in [-0.2, -0.15) is 0 Å². The number of aliphatic hydroxyl groups excluding tert-OH is 2. The van der Waals surface area contributed by atoms with Gasteiger partial charge in [0.2, 0.25) is 0 Å². The van der Waals surface area contributed by atoms with Crippen LogP contribution in [0.1, 0.15) is 28.7 Å². The molecule has 154 valence electrons. The largest absolute Gasteiger partial charge is 0.449 e. The molecule has 3 aromatic carbocycles. The van der Waals surface area contributed by atoms with Crippen LogP contribution in [0, 0.1) is 0 Å². The monoisotopic (exact) mass is 404 g/mol. The van der Waals surface area contributed by atoms with Crippen LogP contribution in [-0.4, -0.2) is 35.6 Å². The molecule has 5 N–H and O–H groups in total. The van der Waals surface area contributed by atoms with Gasteiger partial charge in [0.1, 0.15) is 18.8 Å². The Bertz CT molecular complexity index is 1010. The van der Waals surface area contributed by atoms with Crippen LogP contribution >= 0.6 is 0 Å². The molecule has 0 aromatic heterocycles. The third-order valence-corrected chi connectivity index (χ3v) is 5.48. The number of para-hydroxylation sites is 1. The quantitative estimate of drug-likeness (QED) is 0.472. The Kier molecular flexibility index (Phi) is 5.70. The zero-order valence-corrected chi connectivity index (χ0v) is 16.4. The van der Waals surface area contributed by atoms with Gasteiger partial charge in [-0.3, -0.25) is 0 Å². The molecule has 3 aromatic rings. The summed E-state index contributed by atoms with van der Waals surface area (Å²) in [4.78, 5) is 12.2. The predicted octanol–water partition coefficient (Wildman–Crippen LogP) is 3.20. The SMILES string of the molecule is Nc1ccccc1C(O)C(O)CNC(=O)OCC1c2ccccc2-c2ccccc21. The molecule has 2 atom stereocenters. The van der Waals surface area contributed by atoms with Crippen molar-refractivity contribution in [2.75, 3.05) is 18.9 Å². The lowest BCUT2D eigenvalue weighted by Gasteiger charge is -2.20. The number of nitrogens with two attached hydrogens (primary N) is 1. The van der Waals surface area contributed by atoms with E-state index >= 15 is 0 Å². The highest BCUT2D eigenvalue weighted by Crippen LogP contribution is 2.44. The predicted molar refractivity (Wildman–Crippen MR) is 115 cm³/mol. The molecule has 1 aliphatic rings. The molecule has 0 radical (unpaired) electrons. The van der Waals surface area contributed by atoms with Crippen molar-refractivity contribution in [2.45, 2.75) is 18.1 Å². The number of nitrogens with one attached hydrogen (secondary N) is 1. The number of ether oxygens (including phenoxy) is 1. The Balaban J connectivity index is 1.35. The summed E-state index contributed by atoms with van der Waals surface area (Å²) in [5, 5.41) is 23.0. The number of carbonyl (C=O) groups excluding carboxylic acids is 1. The average Bonchev–Trinajstić information content (AvgIpc) is 3.09. The standard InChI is InChI=1S/C24H24N2O4/c25-21-12-6-5-11-19(21)23(28)22(27)13-26-24(29)30-14-20-17-9-3-1-7-15(17)16-8-2-4-10-18(16)20/h1-12,20,22-23,27-28H,13-14,25H2,(H,26,29). The van der Waals surface area contributed by atoms with Gasteiger partial charge in [0, 0.05) is 23.7 Å². The molecule has 0 heterocycles. The molecule has 0 fully saturated rings. The van der Waals surface area contributed by atoms with Crippen LogP contribution in [-0.2, 0) is 4.74 Å². The van der Waals surface area contributed by atoms with E-state index < -0.39 is 18.3 Å². The van der Waals surface area contributed by atoms with Gasteiger partial charge < -0.3 is 26.0 Å². The molecule has 0 bridgehead atoms. The van der Waals surface area contributed by atoms with Crippen molar-refractivity contribution in [3.63, 3.8) is 0 Å². The molecule has 0 spiro atoms. The van der Waals surface area contributed by atoms with Gasteiger partial charge >= 0.3 is 6.09 Å². The van der Waals surface area contributed by atoms with Crippen molar-refractivity contribution in [1.82, 2.24) is 5.32 Å². The van der Waals surface area contributed by atoms with Crippen molar-refractivity contribution >= 4 is 11.8 Å². The van der Waals surface area contributed by atoms with Crippen LogP contribution in [0.2, 0.25) is 0 Å². The van der Waals surface area contributed by atoms with E-state index in [-0.39, 0.29) is 19.1 Å². The van der Waals surface area contributed by atoms with E-state index in [1.54, 1.807) is 24.3 Å². The van der Waals surface area contributed by atoms with Crippen LogP contribution in [0.3, 0.4) is 0 Å². The first-order chi connectivity index (χ1) is 14.6. The molecule has 0 saturated heterocycles. The Morgan fingerprint density at radius 1 is 0.933 bits per heavy atom. The fourth-order valence-corrected chi connectivity index (χ4v) is 3.94. The minimum Gasteiger partial charge on any atom is -0.449 e. The third kappa shape index (κ3) is 3.87. The first-order valence-corrected chi connectivity index (χ1v) is 9.85. The Hall–Kier alpha value is -3.35. The first-order valence-electron chi connectivity index (χ1n) is 9.85. The van der Waals surface area contributed by atoms with Crippen molar-refractivity contribution in [3.8, 4) is 11.1 Å². The number of carbonyl (C=O) groups is 1. The molecule has 6 heteroatoms. The van der Waals surface area contributed by atoms with Gasteiger partial charge in [-0.1, -0.05) is 66.7 Å². The summed E-state index contributed by atoms with van der Waals surface area (Å²) in [6.45, 7) is 0.0241. The van der Waals surface area contributed by atoms with E-state index in [0.717, 1.165) is 22.3 Å². The molecule has 0 aliphatic heterocycles. The molecule has 6 nitrogen and oxygen atoms in total. The second-order valence-electron chi connectivity index (χ2n) is 7.35. The number of fused-ring (bicyclic) bond motifs is 3. The van der Waals surface area contributed by atoms with Crippen molar-refractivity contribution in [2.24, 2.45) is 0 Å². The molecule has 2 unspecified atom stereocenters. The zero-order valence-electron chi connectivity index (χ0n) is 16.4. The normalized spacial score (nSPS) is 14.5. The Morgan fingerprint density at radius 2 is 1.50 bits per heavy atom. The first kappa shape index (κ1) is 19.9. The second-order valence-corrected chi connectivity index (χ2v) is 7.35. The van der Waals surface area contributed by atoms with Crippen LogP contribution in [0.25, 0.3) is 11.1 Å². The van der Waals surface area contributed by atoms with Crippen LogP contribution in [0.4, 0.5) is 10.5 Å². The number of benzene rings is 3. The van der Waals surface area contributed by atoms with Gasteiger partial charge in [0.15, 0.2) is 0 Å². The molecule has 0 saturated carbocycles. The fourth-order valence-electron chi connectivity index (χ4n) is 3.94. The van der Waals surface area contributed by atoms with E-state index in [4.69, 9.17) is 10.5 Å². The smallest absolute Gasteiger partial charge is 0.407 e. The molecular weight excluding hydrogens is 380 g/mol. The number of hydrogen-bond donors (Lipinski definition) is 4. The summed E-state index contributed by atoms with van der Waals surface area (Å²) in [6.07, 6.45) is -3.07. The lowest BCUT2D eigenvalue weighted by atomic mass is 9.98. The van der Waals surface area contributed by atoms with Crippen molar-refractivity contribution in [3.05, 3.63) is 89.5 Å². The fraction of sp³-hybridized carbons (Fsp3) is 0.208. The highest BCUT2D eigenvalue weighted by molar-refractivity contribution is 5.79. The van der Waals surface area contributed by atoms with Crippen LogP contribution < -0.4 is 11.1 Å². The number of nitrogen functional groups attached to an aromatic ring is 1. The lowest BCUT2D eigenvalue weighted by molar-refractivity contribution is 0.0190. The van der Waals surface area contributed by atoms with Gasteiger partial charge in [-0.25, -0.2) is 4.79 Å². The number of alkyl carbamates (subject to hydrolysis) is 1. The van der Waals surface area contributed by atoms with Crippen molar-refractivity contribution < 1.29 is 19.7 Å². The maximum Gasteiger partial charge on any atom is 0.407 e. The number of rotatable bonds is 6. The molecular formula is C24H24N2O4. The summed E-state index contributed by atoms with van der Waals surface area (Å²) in [5.74, 6) is -0.0391. The summed E-state index contributed by atoms with van der Waals surface area (Å²) in [7, 11) is 0. The third-order valence-electron chi connectivity index (χ3n) is 5.48. The summed E-state index contributed by atoms with van der Waals surface area (Å²) in [6, 6.07) is 22.9. The molecule has 30 heavy (non-hydrogen) atoms. The van der Waals surface area contributed by atoms with E-state index in [2.05, 4.69) is 17.4 Å². The molecule has 1 aliphatic carbocycles. The van der Waals surface area contributed by atoms with Crippen molar-refractivity contribution in [1.29, 1.82) is 0 Å². The van der Waals surface area contributed by atoms with E-state index in [1.165, 1.54) is 0 Å². The van der Waals surface area contributed by atoms with E-state index in [9.17, 15) is 15.0 Å². The van der Waals surface area contributed by atoms with Crippen LogP contribution in [0.15, 0.2) is 72.8 Å². The molecule has 4 rings (SSSR count). The maximum atomic E-state index is 12.2. The minimum atomic E-state index is -1.21. The van der Waals surface area contributed by atoms with E-state index in [1.807, 2.05) is 36.4 Å². The average molecular weight is 404 g/mol. The number of amides is 1. The van der Waals surface area contributed by atoms with Crippen LogP contribution in [0.5, 0.6) is 0 Å². The second kappa shape index (κ2) is 8.57. The lowest BCUT2D eigenvalue weighted by Crippen LogP contribution is -2.36. The summed E-state index contributed by atoms with van der Waals surface area (Å²) < 4.78 is 5.43. The number of hydrogen-bond acceptors (Lipinski definition) is 5. The highest BCUT2D eigenvalue weighted by Gasteiger charge is 2.29. The van der Waals surface area contributed by atoms with Gasteiger partial charge in [-0.15, -0.1) is 0 Å². The topological polar surface area (TPSA) is 105 Å². The summed E-state index contributed by atoms with van der Waals surface area (Å²) in [5.41, 5.74) is 11.2. The number of aliphatic hydroxyl groups is 2. The maximum absolute atomic E-state index is 12.2. The van der Waals surface area contributed by atoms with Gasteiger partial charge in [0.25, 0.3) is 0 Å². The minimum absolute atomic E-state index is 0.0391. The summed E-state index contributed by atoms with van der Waals surface area (Å²) >= 11 is 0. The Morgan fingerprint density at radius 3 is 2.13 bits per heavy atom. The van der Waals surface area contributed by atoms with Gasteiger partial charge in [0.05, 0.1) is 0 Å². The zero-order chi connectivity index (χ0) is 21.1.